The fourth-order valence-corrected chi connectivity index (χ4v) is 1.40. The smallest absolute Gasteiger partial charge is 0.253 e. The second-order valence-corrected chi connectivity index (χ2v) is 3.98. The number of anilines is 1. The van der Waals surface area contributed by atoms with Crippen molar-refractivity contribution in [3.63, 3.8) is 0 Å². The zero-order valence-electron chi connectivity index (χ0n) is 10.0. The van der Waals surface area contributed by atoms with Crippen LogP contribution in [0.25, 0.3) is 0 Å². The van der Waals surface area contributed by atoms with Crippen molar-refractivity contribution in [2.75, 3.05) is 11.9 Å². The molecule has 1 rings (SSSR count). The van der Waals surface area contributed by atoms with Crippen molar-refractivity contribution in [2.45, 2.75) is 32.3 Å². The fourth-order valence-electron chi connectivity index (χ4n) is 1.40. The lowest BCUT2D eigenvalue weighted by Gasteiger charge is -2.26. The molecule has 0 fully saturated rings. The first kappa shape index (κ1) is 14.7. The molecule has 0 aliphatic rings. The van der Waals surface area contributed by atoms with Crippen molar-refractivity contribution in [1.29, 1.82) is 0 Å². The van der Waals surface area contributed by atoms with Gasteiger partial charge in [0.1, 0.15) is 5.69 Å². The molecule has 0 aliphatic carbocycles. The van der Waals surface area contributed by atoms with E-state index in [0.717, 1.165) is 0 Å². The third kappa shape index (κ3) is 2.90. The van der Waals surface area contributed by atoms with Crippen molar-refractivity contribution >= 4 is 5.69 Å². The van der Waals surface area contributed by atoms with Gasteiger partial charge in [0.05, 0.1) is 5.60 Å². The maximum Gasteiger partial charge on any atom is 0.253 e. The van der Waals surface area contributed by atoms with Gasteiger partial charge in [-0.1, -0.05) is 13.8 Å². The lowest BCUT2D eigenvalue weighted by molar-refractivity contribution is 0.0455. The Morgan fingerprint density at radius 1 is 1.06 bits per heavy atom. The molecule has 0 bridgehead atoms. The number of pyridine rings is 1. The molecule has 0 saturated heterocycles. The van der Waals surface area contributed by atoms with E-state index < -0.39 is 34.8 Å². The molecular weight excluding hydrogens is 252 g/mol. The molecule has 102 valence electrons. The van der Waals surface area contributed by atoms with Crippen LogP contribution in [0.5, 0.6) is 0 Å². The van der Waals surface area contributed by atoms with Crippen LogP contribution in [-0.2, 0) is 0 Å². The minimum atomic E-state index is -1.73. The number of halogens is 4. The van der Waals surface area contributed by atoms with E-state index in [4.69, 9.17) is 0 Å². The highest BCUT2D eigenvalue weighted by Gasteiger charge is 2.26. The van der Waals surface area contributed by atoms with Crippen LogP contribution in [0.4, 0.5) is 23.2 Å². The molecule has 1 heterocycles. The Balaban J connectivity index is 2.98. The minimum Gasteiger partial charge on any atom is -0.388 e. The predicted molar refractivity (Wildman–Crippen MR) is 58.1 cm³/mol. The van der Waals surface area contributed by atoms with Gasteiger partial charge in [0.25, 0.3) is 11.9 Å². The van der Waals surface area contributed by atoms with Crippen molar-refractivity contribution < 1.29 is 22.7 Å². The van der Waals surface area contributed by atoms with Crippen LogP contribution in [0.1, 0.15) is 26.7 Å². The second kappa shape index (κ2) is 5.51. The van der Waals surface area contributed by atoms with Crippen molar-refractivity contribution in [1.82, 2.24) is 4.98 Å². The highest BCUT2D eigenvalue weighted by atomic mass is 19.2. The average Bonchev–Trinajstić information content (AvgIpc) is 2.36. The highest BCUT2D eigenvalue weighted by molar-refractivity contribution is 5.45. The third-order valence-electron chi connectivity index (χ3n) is 2.91. The Kier molecular flexibility index (Phi) is 4.50. The van der Waals surface area contributed by atoms with E-state index in [2.05, 4.69) is 10.3 Å². The van der Waals surface area contributed by atoms with Crippen LogP contribution in [0, 0.1) is 23.5 Å². The Bertz CT molecular complexity index is 409. The molecule has 2 N–H and O–H groups in total. The normalized spacial score (nSPS) is 11.7. The topological polar surface area (TPSA) is 45.1 Å². The van der Waals surface area contributed by atoms with Gasteiger partial charge in [-0.2, -0.15) is 22.5 Å². The van der Waals surface area contributed by atoms with Gasteiger partial charge in [-0.05, 0) is 12.8 Å². The third-order valence-corrected chi connectivity index (χ3v) is 2.91. The summed E-state index contributed by atoms with van der Waals surface area (Å²) in [5, 5.41) is 12.1. The van der Waals surface area contributed by atoms with Crippen LogP contribution in [0.15, 0.2) is 0 Å². The van der Waals surface area contributed by atoms with Crippen molar-refractivity contribution in [3.8, 4) is 0 Å². The van der Waals surface area contributed by atoms with Gasteiger partial charge in [-0.3, -0.25) is 0 Å². The van der Waals surface area contributed by atoms with Crippen LogP contribution in [0.2, 0.25) is 0 Å². The Hall–Kier alpha value is -1.37. The molecule has 7 heteroatoms. The summed E-state index contributed by atoms with van der Waals surface area (Å²) in [4.78, 5) is 2.43. The van der Waals surface area contributed by atoms with Crippen molar-refractivity contribution in [2.24, 2.45) is 0 Å². The Labute approximate surface area is 102 Å². The number of nitrogens with zero attached hydrogens (tertiary/aromatic N) is 1. The number of rotatable bonds is 5. The molecule has 0 amide bonds. The maximum atomic E-state index is 13.2. The first-order valence-electron chi connectivity index (χ1n) is 5.51. The van der Waals surface area contributed by atoms with Gasteiger partial charge in [0.2, 0.25) is 11.6 Å². The predicted octanol–water partition coefficient (Wildman–Crippen LogP) is 2.60. The monoisotopic (exact) mass is 266 g/mol. The van der Waals surface area contributed by atoms with E-state index >= 15 is 0 Å². The van der Waals surface area contributed by atoms with E-state index in [9.17, 15) is 22.7 Å². The molecule has 1 aromatic heterocycles. The van der Waals surface area contributed by atoms with Crippen LogP contribution < -0.4 is 5.32 Å². The van der Waals surface area contributed by atoms with E-state index in [-0.39, 0.29) is 6.54 Å². The van der Waals surface area contributed by atoms with Gasteiger partial charge < -0.3 is 10.4 Å². The number of hydrogen-bond acceptors (Lipinski definition) is 3. The fraction of sp³-hybridized carbons (Fsp3) is 0.545. The Morgan fingerprint density at radius 2 is 1.50 bits per heavy atom. The lowest BCUT2D eigenvalue weighted by Crippen LogP contribution is -2.36. The zero-order valence-corrected chi connectivity index (χ0v) is 10.0. The van der Waals surface area contributed by atoms with Crippen LogP contribution >= 0.6 is 0 Å². The number of aliphatic hydroxyl groups is 1. The summed E-state index contributed by atoms with van der Waals surface area (Å²) in [7, 11) is 0. The first-order chi connectivity index (χ1) is 8.34. The summed E-state index contributed by atoms with van der Waals surface area (Å²) >= 11 is 0. The first-order valence-corrected chi connectivity index (χ1v) is 5.51. The molecular formula is C11H14F4N2O. The summed E-state index contributed by atoms with van der Waals surface area (Å²) in [6, 6.07) is 0. The molecule has 1 aromatic rings. The van der Waals surface area contributed by atoms with E-state index in [1.165, 1.54) is 0 Å². The summed E-state index contributed by atoms with van der Waals surface area (Å²) in [6.45, 7) is 3.15. The minimum absolute atomic E-state index is 0.225. The van der Waals surface area contributed by atoms with Gasteiger partial charge in [0, 0.05) is 6.54 Å². The van der Waals surface area contributed by atoms with Gasteiger partial charge >= 0.3 is 0 Å². The maximum absolute atomic E-state index is 13.2. The summed E-state index contributed by atoms with van der Waals surface area (Å²) in [6.07, 6.45) is 0.658. The molecule has 0 radical (unpaired) electrons. The summed E-state index contributed by atoms with van der Waals surface area (Å²) < 4.78 is 52.1. The standard InChI is InChI=1S/C11H14F4N2O/c1-3-11(18,4-2)5-16-8-6(12)9(14)17-10(15)7(8)13/h18H,3-5H2,1-2H3,(H,16,17). The van der Waals surface area contributed by atoms with Gasteiger partial charge in [-0.25, -0.2) is 0 Å². The number of aromatic nitrogens is 1. The molecule has 0 saturated carbocycles. The van der Waals surface area contributed by atoms with Gasteiger partial charge in [0.15, 0.2) is 0 Å². The lowest BCUT2D eigenvalue weighted by atomic mass is 9.97. The van der Waals surface area contributed by atoms with Crippen LogP contribution in [0.3, 0.4) is 0 Å². The number of hydrogen-bond donors (Lipinski definition) is 2. The summed E-state index contributed by atoms with van der Waals surface area (Å²) in [5.74, 6) is -6.67. The summed E-state index contributed by atoms with van der Waals surface area (Å²) in [5.41, 5.74) is -2.16. The van der Waals surface area contributed by atoms with Gasteiger partial charge in [-0.15, -0.1) is 0 Å². The molecule has 18 heavy (non-hydrogen) atoms. The molecule has 0 atom stereocenters. The molecule has 0 aliphatic heterocycles. The quantitative estimate of drug-likeness (QED) is 0.636. The SMILES string of the molecule is CCC(O)(CC)CNc1c(F)c(F)nc(F)c1F. The van der Waals surface area contributed by atoms with E-state index in [0.29, 0.717) is 12.8 Å². The molecule has 0 spiro atoms. The average molecular weight is 266 g/mol. The van der Waals surface area contributed by atoms with E-state index in [1.807, 2.05) is 0 Å². The largest absolute Gasteiger partial charge is 0.388 e. The van der Waals surface area contributed by atoms with Crippen LogP contribution in [-0.4, -0.2) is 22.2 Å². The molecule has 0 aromatic carbocycles. The molecule has 0 unspecified atom stereocenters. The van der Waals surface area contributed by atoms with Crippen molar-refractivity contribution in [3.05, 3.63) is 23.5 Å². The Morgan fingerprint density at radius 3 is 1.89 bits per heavy atom. The molecule has 3 nitrogen and oxygen atoms in total. The zero-order chi connectivity index (χ0) is 13.9. The van der Waals surface area contributed by atoms with E-state index in [1.54, 1.807) is 13.8 Å². The number of nitrogens with one attached hydrogen (secondary N) is 1. The second-order valence-electron chi connectivity index (χ2n) is 3.98. The highest BCUT2D eigenvalue weighted by Crippen LogP contribution is 2.24.